The van der Waals surface area contributed by atoms with Crippen LogP contribution < -0.4 is 9.46 Å². The number of benzene rings is 1. The first kappa shape index (κ1) is 23.2. The van der Waals surface area contributed by atoms with E-state index in [4.69, 9.17) is 4.74 Å². The van der Waals surface area contributed by atoms with Gasteiger partial charge in [-0.1, -0.05) is 11.8 Å². The molecule has 8 nitrogen and oxygen atoms in total. The Bertz CT molecular complexity index is 1560. The maximum absolute atomic E-state index is 14.1. The number of aliphatic hydroxyl groups excluding tert-OH is 1. The molecule has 11 heteroatoms. The van der Waals surface area contributed by atoms with E-state index in [0.29, 0.717) is 28.3 Å². The van der Waals surface area contributed by atoms with Crippen molar-refractivity contribution in [1.82, 2.24) is 14.6 Å². The molecule has 0 radical (unpaired) electrons. The number of pyridine rings is 2. The van der Waals surface area contributed by atoms with Gasteiger partial charge in [-0.15, -0.1) is 0 Å². The molecule has 1 unspecified atom stereocenters. The number of ether oxygens (including phenoxy) is 1. The smallest absolute Gasteiger partial charge is 0.264 e. The number of fused-ring (bicyclic) bond motifs is 1. The summed E-state index contributed by atoms with van der Waals surface area (Å²) in [4.78, 5) is 3.43. The summed E-state index contributed by atoms with van der Waals surface area (Å²) in [5.41, 5.74) is 2.41. The van der Waals surface area contributed by atoms with Crippen LogP contribution in [0.5, 0.6) is 5.88 Å². The molecule has 1 aromatic carbocycles. The van der Waals surface area contributed by atoms with Crippen LogP contribution in [0.1, 0.15) is 12.5 Å². The first-order valence-electron chi connectivity index (χ1n) is 9.87. The van der Waals surface area contributed by atoms with Gasteiger partial charge >= 0.3 is 0 Å². The Morgan fingerprint density at radius 1 is 1.15 bits per heavy atom. The fraction of sp³-hybridized carbons (Fsp3) is 0.130. The second-order valence-electron chi connectivity index (χ2n) is 7.21. The maximum Gasteiger partial charge on any atom is 0.264 e. The molecule has 4 aromatic rings. The summed E-state index contributed by atoms with van der Waals surface area (Å²) >= 11 is 0. The third kappa shape index (κ3) is 4.68. The van der Waals surface area contributed by atoms with E-state index in [1.54, 1.807) is 36.0 Å². The Labute approximate surface area is 193 Å². The van der Waals surface area contributed by atoms with Crippen molar-refractivity contribution in [2.75, 3.05) is 11.8 Å². The summed E-state index contributed by atoms with van der Waals surface area (Å²) < 4.78 is 61.8. The lowest BCUT2D eigenvalue weighted by Crippen LogP contribution is -2.15. The monoisotopic (exact) mass is 484 g/mol. The average Bonchev–Trinajstić information content (AvgIpc) is 3.19. The van der Waals surface area contributed by atoms with Crippen LogP contribution in [0.4, 0.5) is 14.5 Å². The lowest BCUT2D eigenvalue weighted by molar-refractivity contribution is 0.253. The highest BCUT2D eigenvalue weighted by Gasteiger charge is 2.22. The number of nitrogens with one attached hydrogen (secondary N) is 1. The molecule has 0 saturated carbocycles. The normalized spacial score (nSPS) is 12.1. The zero-order valence-electron chi connectivity index (χ0n) is 18.0. The Balaban J connectivity index is 1.75. The molecule has 1 atom stereocenters. The van der Waals surface area contributed by atoms with Gasteiger partial charge in [-0.3, -0.25) is 4.72 Å². The number of anilines is 1. The van der Waals surface area contributed by atoms with Gasteiger partial charge in [0.05, 0.1) is 24.4 Å². The van der Waals surface area contributed by atoms with E-state index in [2.05, 4.69) is 26.6 Å². The van der Waals surface area contributed by atoms with E-state index < -0.39 is 32.7 Å². The van der Waals surface area contributed by atoms with Crippen LogP contribution in [0.2, 0.25) is 0 Å². The summed E-state index contributed by atoms with van der Waals surface area (Å²) in [6.45, 7) is 1.55. The lowest BCUT2D eigenvalue weighted by atomic mass is 10.1. The number of hydrogen-bond donors (Lipinski definition) is 2. The summed E-state index contributed by atoms with van der Waals surface area (Å²) in [5, 5.41) is 13.6. The predicted octanol–water partition coefficient (Wildman–Crippen LogP) is 3.22. The second kappa shape index (κ2) is 9.09. The standard InChI is InChI=1S/C23H18F2N4O4S/c1-14(30)3-4-16-13-27-29-8-7-15(10-21(16)29)17-9-20(23(33-2)26-12-17)28-34(31,32)22-6-5-18(24)11-19(22)25/h5-14,28,30H,1-2H3. The van der Waals surface area contributed by atoms with Gasteiger partial charge in [0.1, 0.15) is 28.3 Å². The number of rotatable bonds is 5. The van der Waals surface area contributed by atoms with Gasteiger partial charge in [0.2, 0.25) is 5.88 Å². The summed E-state index contributed by atoms with van der Waals surface area (Å²) in [6.07, 6.45) is 3.95. The number of hydrogen-bond acceptors (Lipinski definition) is 6. The zero-order chi connectivity index (χ0) is 24.5. The van der Waals surface area contributed by atoms with Crippen LogP contribution >= 0.6 is 0 Å². The number of nitrogens with zero attached hydrogens (tertiary/aromatic N) is 3. The van der Waals surface area contributed by atoms with E-state index in [9.17, 15) is 22.3 Å². The molecule has 3 heterocycles. The number of aliphatic hydroxyl groups is 1. The fourth-order valence-corrected chi connectivity index (χ4v) is 4.29. The van der Waals surface area contributed by atoms with E-state index in [0.717, 1.165) is 12.1 Å². The minimum absolute atomic E-state index is 0.0359. The number of aromatic nitrogens is 3. The van der Waals surface area contributed by atoms with Gasteiger partial charge in [0.25, 0.3) is 10.0 Å². The van der Waals surface area contributed by atoms with E-state index in [1.807, 2.05) is 0 Å². The van der Waals surface area contributed by atoms with E-state index >= 15 is 0 Å². The van der Waals surface area contributed by atoms with Gasteiger partial charge in [-0.25, -0.2) is 26.7 Å². The molecular weight excluding hydrogens is 466 g/mol. The Morgan fingerprint density at radius 3 is 2.65 bits per heavy atom. The summed E-state index contributed by atoms with van der Waals surface area (Å²) in [5.74, 6) is 3.36. The molecule has 0 bridgehead atoms. The first-order chi connectivity index (χ1) is 16.2. The Hall–Kier alpha value is -4.01. The topological polar surface area (TPSA) is 106 Å². The molecule has 0 aliphatic carbocycles. The number of sulfonamides is 1. The second-order valence-corrected chi connectivity index (χ2v) is 8.86. The van der Waals surface area contributed by atoms with Crippen molar-refractivity contribution in [1.29, 1.82) is 0 Å². The SMILES string of the molecule is COc1ncc(-c2ccn3ncc(C#CC(C)O)c3c2)cc1NS(=O)(=O)c1ccc(F)cc1F. The van der Waals surface area contributed by atoms with Crippen LogP contribution in [-0.2, 0) is 10.0 Å². The molecule has 0 fully saturated rings. The number of halogens is 2. The Kier molecular flexibility index (Phi) is 6.19. The zero-order valence-corrected chi connectivity index (χ0v) is 18.8. The molecular formula is C23H18F2N4O4S. The van der Waals surface area contributed by atoms with E-state index in [1.165, 1.54) is 19.4 Å². The molecule has 0 aliphatic rings. The van der Waals surface area contributed by atoms with Gasteiger partial charge in [-0.2, -0.15) is 5.10 Å². The molecule has 0 aliphatic heterocycles. The first-order valence-corrected chi connectivity index (χ1v) is 11.4. The van der Waals surface area contributed by atoms with Crippen molar-refractivity contribution in [2.45, 2.75) is 17.9 Å². The van der Waals surface area contributed by atoms with Crippen LogP contribution in [0.25, 0.3) is 16.6 Å². The van der Waals surface area contributed by atoms with Gasteiger partial charge in [0.15, 0.2) is 0 Å². The predicted molar refractivity (Wildman–Crippen MR) is 121 cm³/mol. The van der Waals surface area contributed by atoms with Crippen molar-refractivity contribution in [3.8, 4) is 28.8 Å². The molecule has 0 saturated heterocycles. The van der Waals surface area contributed by atoms with E-state index in [-0.39, 0.29) is 11.6 Å². The largest absolute Gasteiger partial charge is 0.480 e. The minimum atomic E-state index is -4.41. The van der Waals surface area contributed by atoms with Crippen LogP contribution in [0, 0.1) is 23.5 Å². The van der Waals surface area contributed by atoms with Crippen LogP contribution in [0.15, 0.2) is 59.9 Å². The molecule has 174 valence electrons. The van der Waals surface area contributed by atoms with Crippen LogP contribution in [-0.4, -0.2) is 41.3 Å². The Morgan fingerprint density at radius 2 is 1.94 bits per heavy atom. The highest BCUT2D eigenvalue weighted by Crippen LogP contribution is 2.31. The molecule has 2 N–H and O–H groups in total. The maximum atomic E-state index is 14.1. The molecule has 0 spiro atoms. The third-order valence-corrected chi connectivity index (χ3v) is 6.14. The molecule has 0 amide bonds. The van der Waals surface area contributed by atoms with Crippen molar-refractivity contribution in [3.05, 3.63) is 72.2 Å². The molecule has 34 heavy (non-hydrogen) atoms. The van der Waals surface area contributed by atoms with Gasteiger partial charge < -0.3 is 9.84 Å². The fourth-order valence-electron chi connectivity index (χ4n) is 3.18. The third-order valence-electron chi connectivity index (χ3n) is 4.74. The van der Waals surface area contributed by atoms with Crippen molar-refractivity contribution in [3.63, 3.8) is 0 Å². The quantitative estimate of drug-likeness (QED) is 0.422. The number of methoxy groups -OCH3 is 1. The average molecular weight is 484 g/mol. The van der Waals surface area contributed by atoms with Crippen molar-refractivity contribution in [2.24, 2.45) is 0 Å². The molecule has 4 rings (SSSR count). The summed E-state index contributed by atoms with van der Waals surface area (Å²) in [6, 6.07) is 7.17. The van der Waals surface area contributed by atoms with Crippen LogP contribution in [0.3, 0.4) is 0 Å². The van der Waals surface area contributed by atoms with Gasteiger partial charge in [-0.05, 0) is 42.8 Å². The van der Waals surface area contributed by atoms with Crippen molar-refractivity contribution >= 4 is 21.2 Å². The van der Waals surface area contributed by atoms with Gasteiger partial charge in [0, 0.05) is 24.0 Å². The highest BCUT2D eigenvalue weighted by atomic mass is 32.2. The lowest BCUT2D eigenvalue weighted by Gasteiger charge is -2.13. The molecule has 3 aromatic heterocycles. The highest BCUT2D eigenvalue weighted by molar-refractivity contribution is 7.92. The summed E-state index contributed by atoms with van der Waals surface area (Å²) in [7, 11) is -3.10. The van der Waals surface area contributed by atoms with Crippen molar-refractivity contribution < 1.29 is 27.0 Å². The minimum Gasteiger partial charge on any atom is -0.480 e.